The Morgan fingerprint density at radius 1 is 1.64 bits per heavy atom. The van der Waals surface area contributed by atoms with E-state index < -0.39 is 0 Å². The highest BCUT2D eigenvalue weighted by atomic mass is 16.3. The Morgan fingerprint density at radius 3 is 3.14 bits per heavy atom. The van der Waals surface area contributed by atoms with Crippen LogP contribution in [0.3, 0.4) is 0 Å². The van der Waals surface area contributed by atoms with E-state index >= 15 is 0 Å². The topological polar surface area (TPSA) is 48.0 Å². The van der Waals surface area contributed by atoms with Gasteiger partial charge in [0.15, 0.2) is 11.6 Å². The summed E-state index contributed by atoms with van der Waals surface area (Å²) in [6.45, 7) is 2.68. The minimum atomic E-state index is -0.179. The van der Waals surface area contributed by atoms with Gasteiger partial charge in [0.05, 0.1) is 6.26 Å². The van der Waals surface area contributed by atoms with Crippen molar-refractivity contribution in [3.8, 4) is 0 Å². The number of carbonyl (C=O) groups is 1. The fourth-order valence-electron chi connectivity index (χ4n) is 1.29. The first-order valence-electron chi connectivity index (χ1n) is 4.42. The van der Waals surface area contributed by atoms with Gasteiger partial charge in [-0.1, -0.05) is 0 Å². The average Bonchev–Trinajstić information content (AvgIpc) is 2.87. The molecule has 0 bridgehead atoms. The normalized spacial score (nSPS) is 10.4. The summed E-state index contributed by atoms with van der Waals surface area (Å²) >= 11 is 0. The van der Waals surface area contributed by atoms with E-state index in [0.717, 1.165) is 6.54 Å². The van der Waals surface area contributed by atoms with Gasteiger partial charge in [-0.3, -0.25) is 4.79 Å². The Bertz CT molecular complexity index is 429. The van der Waals surface area contributed by atoms with Crippen LogP contribution in [0, 0.1) is 0 Å². The highest BCUT2D eigenvalue weighted by molar-refractivity contribution is 6.04. The number of furan rings is 1. The summed E-state index contributed by atoms with van der Waals surface area (Å²) in [7, 11) is 0. The molecule has 0 N–H and O–H groups in total. The molecule has 0 spiro atoms. The Kier molecular flexibility index (Phi) is 2.18. The molecule has 0 atom stereocenters. The quantitative estimate of drug-likeness (QED) is 0.692. The van der Waals surface area contributed by atoms with E-state index in [1.54, 1.807) is 29.1 Å². The summed E-state index contributed by atoms with van der Waals surface area (Å²) in [5.74, 6) is 0.565. The SMILES string of the molecule is CCn1ccnc1C(=O)c1ccco1. The van der Waals surface area contributed by atoms with Crippen molar-refractivity contribution in [2.24, 2.45) is 0 Å². The predicted molar refractivity (Wildman–Crippen MR) is 50.0 cm³/mol. The highest BCUT2D eigenvalue weighted by Crippen LogP contribution is 2.08. The summed E-state index contributed by atoms with van der Waals surface area (Å²) < 4.78 is 6.80. The van der Waals surface area contributed by atoms with Gasteiger partial charge < -0.3 is 8.98 Å². The van der Waals surface area contributed by atoms with Gasteiger partial charge in [0.1, 0.15) is 0 Å². The third kappa shape index (κ3) is 1.35. The molecule has 72 valence electrons. The van der Waals surface area contributed by atoms with Crippen LogP contribution in [0.1, 0.15) is 23.3 Å². The lowest BCUT2D eigenvalue weighted by Crippen LogP contribution is -2.09. The molecular formula is C10H10N2O2. The van der Waals surface area contributed by atoms with E-state index in [0.29, 0.717) is 11.6 Å². The molecule has 0 aliphatic rings. The van der Waals surface area contributed by atoms with Crippen LogP contribution in [0.4, 0.5) is 0 Å². The van der Waals surface area contributed by atoms with Crippen molar-refractivity contribution < 1.29 is 9.21 Å². The van der Waals surface area contributed by atoms with Crippen molar-refractivity contribution in [1.82, 2.24) is 9.55 Å². The van der Waals surface area contributed by atoms with Gasteiger partial charge in [0.2, 0.25) is 0 Å². The van der Waals surface area contributed by atoms with Crippen molar-refractivity contribution in [2.45, 2.75) is 13.5 Å². The first-order chi connectivity index (χ1) is 6.83. The van der Waals surface area contributed by atoms with E-state index in [-0.39, 0.29) is 5.78 Å². The molecule has 2 aromatic heterocycles. The van der Waals surface area contributed by atoms with Gasteiger partial charge >= 0.3 is 0 Å². The third-order valence-electron chi connectivity index (χ3n) is 2.00. The Morgan fingerprint density at radius 2 is 2.50 bits per heavy atom. The Labute approximate surface area is 81.2 Å². The molecule has 4 heteroatoms. The number of carbonyl (C=O) groups excluding carboxylic acids is 1. The largest absolute Gasteiger partial charge is 0.461 e. The molecule has 2 aromatic rings. The molecular weight excluding hydrogens is 180 g/mol. The van der Waals surface area contributed by atoms with Crippen LogP contribution >= 0.6 is 0 Å². The monoisotopic (exact) mass is 190 g/mol. The fourth-order valence-corrected chi connectivity index (χ4v) is 1.29. The van der Waals surface area contributed by atoms with E-state index in [1.165, 1.54) is 6.26 Å². The van der Waals surface area contributed by atoms with Crippen LogP contribution in [0.2, 0.25) is 0 Å². The minimum Gasteiger partial charge on any atom is -0.461 e. The molecule has 0 saturated carbocycles. The maximum absolute atomic E-state index is 11.8. The second-order valence-electron chi connectivity index (χ2n) is 2.84. The highest BCUT2D eigenvalue weighted by Gasteiger charge is 2.16. The maximum Gasteiger partial charge on any atom is 0.263 e. The number of imidazole rings is 1. The molecule has 2 heterocycles. The van der Waals surface area contributed by atoms with Crippen molar-refractivity contribution >= 4 is 5.78 Å². The zero-order chi connectivity index (χ0) is 9.97. The van der Waals surface area contributed by atoms with Crippen molar-refractivity contribution in [1.29, 1.82) is 0 Å². The lowest BCUT2D eigenvalue weighted by atomic mass is 10.3. The summed E-state index contributed by atoms with van der Waals surface area (Å²) in [5, 5.41) is 0. The predicted octanol–water partition coefficient (Wildman–Crippen LogP) is 1.73. The van der Waals surface area contributed by atoms with Gasteiger partial charge in [-0.2, -0.15) is 0 Å². The summed E-state index contributed by atoms with van der Waals surface area (Å²) in [5.41, 5.74) is 0. The number of nitrogens with zero attached hydrogens (tertiary/aromatic N) is 2. The first kappa shape index (κ1) is 8.74. The van der Waals surface area contributed by atoms with E-state index in [9.17, 15) is 4.79 Å². The number of rotatable bonds is 3. The van der Waals surface area contributed by atoms with Gasteiger partial charge in [-0.25, -0.2) is 4.98 Å². The average molecular weight is 190 g/mol. The zero-order valence-electron chi connectivity index (χ0n) is 7.80. The molecule has 0 aliphatic heterocycles. The molecule has 0 amide bonds. The molecule has 2 rings (SSSR count). The minimum absolute atomic E-state index is 0.179. The molecule has 0 radical (unpaired) electrons. The van der Waals surface area contributed by atoms with Crippen LogP contribution in [0.25, 0.3) is 0 Å². The number of hydrogen-bond donors (Lipinski definition) is 0. The summed E-state index contributed by atoms with van der Waals surface area (Å²) in [6, 6.07) is 3.32. The third-order valence-corrected chi connectivity index (χ3v) is 2.00. The standard InChI is InChI=1S/C10H10N2O2/c1-2-12-6-5-11-10(12)9(13)8-4-3-7-14-8/h3-7H,2H2,1H3. The second kappa shape index (κ2) is 3.49. The number of aromatic nitrogens is 2. The summed E-state index contributed by atoms with van der Waals surface area (Å²) in [6.07, 6.45) is 4.86. The van der Waals surface area contributed by atoms with E-state index in [4.69, 9.17) is 4.42 Å². The van der Waals surface area contributed by atoms with Crippen LogP contribution in [0.15, 0.2) is 35.2 Å². The van der Waals surface area contributed by atoms with Crippen LogP contribution in [-0.4, -0.2) is 15.3 Å². The van der Waals surface area contributed by atoms with Crippen LogP contribution in [0.5, 0.6) is 0 Å². The van der Waals surface area contributed by atoms with Crippen LogP contribution in [-0.2, 0) is 6.54 Å². The van der Waals surface area contributed by atoms with E-state index in [2.05, 4.69) is 4.98 Å². The van der Waals surface area contributed by atoms with Crippen LogP contribution < -0.4 is 0 Å². The number of hydrogen-bond acceptors (Lipinski definition) is 3. The second-order valence-corrected chi connectivity index (χ2v) is 2.84. The number of ketones is 1. The van der Waals surface area contributed by atoms with Crippen molar-refractivity contribution in [2.75, 3.05) is 0 Å². The van der Waals surface area contributed by atoms with E-state index in [1.807, 2.05) is 6.92 Å². The lowest BCUT2D eigenvalue weighted by molar-refractivity contribution is 0.0995. The summed E-state index contributed by atoms with van der Waals surface area (Å²) in [4.78, 5) is 15.8. The molecule has 14 heavy (non-hydrogen) atoms. The van der Waals surface area contributed by atoms with Crippen molar-refractivity contribution in [3.05, 3.63) is 42.4 Å². The van der Waals surface area contributed by atoms with Gasteiger partial charge in [0.25, 0.3) is 5.78 Å². The zero-order valence-corrected chi connectivity index (χ0v) is 7.80. The molecule has 0 aromatic carbocycles. The number of aryl methyl sites for hydroxylation is 1. The molecule has 0 saturated heterocycles. The lowest BCUT2D eigenvalue weighted by Gasteiger charge is -2.00. The Balaban J connectivity index is 2.36. The molecule has 0 unspecified atom stereocenters. The Hall–Kier alpha value is -1.84. The molecule has 4 nitrogen and oxygen atoms in total. The van der Waals surface area contributed by atoms with Gasteiger partial charge in [-0.15, -0.1) is 0 Å². The van der Waals surface area contributed by atoms with Gasteiger partial charge in [0, 0.05) is 18.9 Å². The molecule has 0 fully saturated rings. The first-order valence-corrected chi connectivity index (χ1v) is 4.42. The molecule has 0 aliphatic carbocycles. The smallest absolute Gasteiger partial charge is 0.263 e. The van der Waals surface area contributed by atoms with Gasteiger partial charge in [-0.05, 0) is 19.1 Å². The van der Waals surface area contributed by atoms with Crippen molar-refractivity contribution in [3.63, 3.8) is 0 Å². The fraction of sp³-hybridized carbons (Fsp3) is 0.200. The maximum atomic E-state index is 11.8.